The molecule has 1 aliphatic rings. The number of pyridine rings is 1. The topological polar surface area (TPSA) is 46.0 Å². The SMILES string of the molecule is Cc1cccc(Cn2c(CC(C)(C)C)nc3c(N4CCNCC4)ccnc32)c1. The maximum absolute atomic E-state index is 5.13. The second-order valence-electron chi connectivity index (χ2n) is 9.08. The number of hydrogen-bond acceptors (Lipinski definition) is 4. The Morgan fingerprint density at radius 1 is 1.11 bits per heavy atom. The molecule has 0 radical (unpaired) electrons. The molecule has 0 aliphatic carbocycles. The molecule has 3 heterocycles. The van der Waals surface area contributed by atoms with Crippen LogP contribution in [0.15, 0.2) is 36.5 Å². The van der Waals surface area contributed by atoms with Crippen molar-refractivity contribution in [3.8, 4) is 0 Å². The summed E-state index contributed by atoms with van der Waals surface area (Å²) in [5, 5.41) is 3.44. The first-order valence-electron chi connectivity index (χ1n) is 10.3. The number of anilines is 1. The van der Waals surface area contributed by atoms with E-state index in [0.717, 1.165) is 56.1 Å². The van der Waals surface area contributed by atoms with Gasteiger partial charge in [-0.1, -0.05) is 50.6 Å². The molecule has 1 N–H and O–H groups in total. The number of imidazole rings is 1. The van der Waals surface area contributed by atoms with Crippen molar-refractivity contribution in [2.75, 3.05) is 31.1 Å². The molecule has 0 amide bonds. The highest BCUT2D eigenvalue weighted by molar-refractivity contribution is 5.86. The second-order valence-corrected chi connectivity index (χ2v) is 9.08. The molecule has 1 aliphatic heterocycles. The van der Waals surface area contributed by atoms with E-state index in [9.17, 15) is 0 Å². The average molecular weight is 378 g/mol. The van der Waals surface area contributed by atoms with Crippen LogP contribution in [0.5, 0.6) is 0 Å². The van der Waals surface area contributed by atoms with Crippen LogP contribution in [0.25, 0.3) is 11.2 Å². The van der Waals surface area contributed by atoms with Crippen molar-refractivity contribution in [3.05, 3.63) is 53.5 Å². The summed E-state index contributed by atoms with van der Waals surface area (Å²) in [6.45, 7) is 13.8. The lowest BCUT2D eigenvalue weighted by Crippen LogP contribution is -2.43. The van der Waals surface area contributed by atoms with Crippen molar-refractivity contribution < 1.29 is 0 Å². The molecule has 148 valence electrons. The second kappa shape index (κ2) is 7.55. The smallest absolute Gasteiger partial charge is 0.162 e. The summed E-state index contributed by atoms with van der Waals surface area (Å²) in [7, 11) is 0. The third kappa shape index (κ3) is 4.04. The average Bonchev–Trinajstić information content (AvgIpc) is 2.98. The normalized spacial score (nSPS) is 15.4. The van der Waals surface area contributed by atoms with Crippen LogP contribution < -0.4 is 10.2 Å². The quantitative estimate of drug-likeness (QED) is 0.751. The summed E-state index contributed by atoms with van der Waals surface area (Å²) in [4.78, 5) is 12.3. The Kier molecular flexibility index (Phi) is 5.11. The lowest BCUT2D eigenvalue weighted by atomic mass is 9.92. The molecule has 4 rings (SSSR count). The Labute approximate surface area is 167 Å². The van der Waals surface area contributed by atoms with E-state index in [1.54, 1.807) is 0 Å². The fourth-order valence-corrected chi connectivity index (χ4v) is 3.98. The van der Waals surface area contributed by atoms with Gasteiger partial charge in [0.1, 0.15) is 11.3 Å². The first kappa shape index (κ1) is 18.9. The van der Waals surface area contributed by atoms with Crippen LogP contribution in [0, 0.1) is 12.3 Å². The highest BCUT2D eigenvalue weighted by atomic mass is 15.2. The summed E-state index contributed by atoms with van der Waals surface area (Å²) in [6.07, 6.45) is 2.87. The first-order valence-corrected chi connectivity index (χ1v) is 10.3. The van der Waals surface area contributed by atoms with E-state index < -0.39 is 0 Å². The van der Waals surface area contributed by atoms with Crippen LogP contribution in [-0.4, -0.2) is 40.7 Å². The van der Waals surface area contributed by atoms with E-state index in [0.29, 0.717) is 0 Å². The zero-order valence-corrected chi connectivity index (χ0v) is 17.5. The van der Waals surface area contributed by atoms with E-state index in [4.69, 9.17) is 9.97 Å². The zero-order valence-electron chi connectivity index (χ0n) is 17.5. The van der Waals surface area contributed by atoms with Gasteiger partial charge in [-0.25, -0.2) is 9.97 Å². The fourth-order valence-electron chi connectivity index (χ4n) is 3.98. The number of benzene rings is 1. The molecular weight excluding hydrogens is 346 g/mol. The predicted molar refractivity (Wildman–Crippen MR) is 116 cm³/mol. The molecule has 0 bridgehead atoms. The van der Waals surface area contributed by atoms with Crippen LogP contribution in [0.1, 0.15) is 37.7 Å². The van der Waals surface area contributed by atoms with Gasteiger partial charge in [0.25, 0.3) is 0 Å². The van der Waals surface area contributed by atoms with Crippen LogP contribution in [-0.2, 0) is 13.0 Å². The van der Waals surface area contributed by atoms with Crippen molar-refractivity contribution in [2.45, 2.75) is 40.7 Å². The van der Waals surface area contributed by atoms with Crippen molar-refractivity contribution in [3.63, 3.8) is 0 Å². The standard InChI is InChI=1S/C23H31N5/c1-17-6-5-7-18(14-17)16-28-20(15-23(2,3)4)26-21-19(8-9-25-22(21)28)27-12-10-24-11-13-27/h5-9,14,24H,10-13,15-16H2,1-4H3. The largest absolute Gasteiger partial charge is 0.367 e. The molecule has 1 aromatic carbocycles. The van der Waals surface area contributed by atoms with Gasteiger partial charge in [0.05, 0.1) is 12.2 Å². The van der Waals surface area contributed by atoms with Gasteiger partial charge in [-0.3, -0.25) is 0 Å². The molecule has 28 heavy (non-hydrogen) atoms. The van der Waals surface area contributed by atoms with Crippen molar-refractivity contribution in [1.82, 2.24) is 19.9 Å². The molecule has 5 nitrogen and oxygen atoms in total. The lowest BCUT2D eigenvalue weighted by Gasteiger charge is -2.29. The lowest BCUT2D eigenvalue weighted by molar-refractivity contribution is 0.394. The molecule has 0 saturated carbocycles. The van der Waals surface area contributed by atoms with Gasteiger partial charge in [-0.05, 0) is 24.0 Å². The van der Waals surface area contributed by atoms with Gasteiger partial charge in [-0.15, -0.1) is 0 Å². The molecular formula is C23H31N5. The van der Waals surface area contributed by atoms with Crippen LogP contribution in [0.4, 0.5) is 5.69 Å². The van der Waals surface area contributed by atoms with Crippen LogP contribution in [0.2, 0.25) is 0 Å². The third-order valence-corrected chi connectivity index (χ3v) is 5.26. The molecule has 2 aromatic heterocycles. The Hall–Kier alpha value is -2.40. The summed E-state index contributed by atoms with van der Waals surface area (Å²) >= 11 is 0. The van der Waals surface area contributed by atoms with Crippen LogP contribution >= 0.6 is 0 Å². The Morgan fingerprint density at radius 2 is 1.89 bits per heavy atom. The minimum Gasteiger partial charge on any atom is -0.367 e. The molecule has 0 spiro atoms. The summed E-state index contributed by atoms with van der Waals surface area (Å²) in [5.74, 6) is 1.12. The number of piperazine rings is 1. The van der Waals surface area contributed by atoms with Crippen LogP contribution in [0.3, 0.4) is 0 Å². The van der Waals surface area contributed by atoms with Gasteiger partial charge in [0, 0.05) is 38.8 Å². The third-order valence-electron chi connectivity index (χ3n) is 5.26. The van der Waals surface area contributed by atoms with Gasteiger partial charge in [0.2, 0.25) is 0 Å². The highest BCUT2D eigenvalue weighted by Gasteiger charge is 2.22. The molecule has 0 atom stereocenters. The molecule has 3 aromatic rings. The molecule has 1 saturated heterocycles. The van der Waals surface area contributed by atoms with E-state index >= 15 is 0 Å². The van der Waals surface area contributed by atoms with Gasteiger partial charge >= 0.3 is 0 Å². The zero-order chi connectivity index (χ0) is 19.7. The number of rotatable bonds is 4. The molecule has 1 fully saturated rings. The van der Waals surface area contributed by atoms with Crippen molar-refractivity contribution in [2.24, 2.45) is 5.41 Å². The molecule has 5 heteroatoms. The monoisotopic (exact) mass is 377 g/mol. The number of nitrogens with zero attached hydrogens (tertiary/aromatic N) is 4. The number of aryl methyl sites for hydroxylation is 1. The van der Waals surface area contributed by atoms with E-state index in [1.165, 1.54) is 16.8 Å². The van der Waals surface area contributed by atoms with E-state index in [2.05, 4.69) is 72.8 Å². The Morgan fingerprint density at radius 3 is 2.61 bits per heavy atom. The van der Waals surface area contributed by atoms with Crippen molar-refractivity contribution in [1.29, 1.82) is 0 Å². The Bertz CT molecular complexity index is 961. The minimum atomic E-state index is 0.168. The number of aromatic nitrogens is 3. The van der Waals surface area contributed by atoms with E-state index in [1.807, 2.05) is 6.20 Å². The summed E-state index contributed by atoms with van der Waals surface area (Å²) in [6, 6.07) is 10.9. The number of hydrogen-bond donors (Lipinski definition) is 1. The number of fused-ring (bicyclic) bond motifs is 1. The minimum absolute atomic E-state index is 0.168. The highest BCUT2D eigenvalue weighted by Crippen LogP contribution is 2.29. The maximum Gasteiger partial charge on any atom is 0.162 e. The molecule has 0 unspecified atom stereocenters. The van der Waals surface area contributed by atoms with Gasteiger partial charge in [-0.2, -0.15) is 0 Å². The maximum atomic E-state index is 5.13. The fraction of sp³-hybridized carbons (Fsp3) is 0.478. The Balaban J connectivity index is 1.81. The van der Waals surface area contributed by atoms with Gasteiger partial charge < -0.3 is 14.8 Å². The van der Waals surface area contributed by atoms with Gasteiger partial charge in [0.15, 0.2) is 5.65 Å². The first-order chi connectivity index (χ1) is 13.4. The van der Waals surface area contributed by atoms with Crippen molar-refractivity contribution >= 4 is 16.9 Å². The summed E-state index contributed by atoms with van der Waals surface area (Å²) in [5.41, 5.74) is 6.00. The predicted octanol–water partition coefficient (Wildman–Crippen LogP) is 3.79. The van der Waals surface area contributed by atoms with E-state index in [-0.39, 0.29) is 5.41 Å². The number of nitrogens with one attached hydrogen (secondary N) is 1. The summed E-state index contributed by atoms with van der Waals surface area (Å²) < 4.78 is 2.32.